The van der Waals surface area contributed by atoms with Crippen LogP contribution in [-0.4, -0.2) is 16.5 Å². The fraction of sp³-hybridized carbons (Fsp3) is 0.231. The molecule has 0 aromatic carbocycles. The molecule has 0 atom stereocenters. The predicted molar refractivity (Wildman–Crippen MR) is 67.1 cm³/mol. The quantitative estimate of drug-likeness (QED) is 0.853. The van der Waals surface area contributed by atoms with Crippen LogP contribution in [0.25, 0.3) is 0 Å². The number of anilines is 2. The Hall–Kier alpha value is -2.01. The summed E-state index contributed by atoms with van der Waals surface area (Å²) in [5.74, 6) is -0.530. The topological polar surface area (TPSA) is 49.8 Å². The maximum atomic E-state index is 13.6. The average Bonchev–Trinajstić information content (AvgIpc) is 2.40. The third-order valence-corrected chi connectivity index (χ3v) is 2.56. The van der Waals surface area contributed by atoms with Gasteiger partial charge in [0.1, 0.15) is 0 Å². The second-order valence-electron chi connectivity index (χ2n) is 3.80. The summed E-state index contributed by atoms with van der Waals surface area (Å²) in [6.07, 6.45) is 3.90. The van der Waals surface area contributed by atoms with Gasteiger partial charge < -0.3 is 10.6 Å². The number of rotatable bonds is 2. The summed E-state index contributed by atoms with van der Waals surface area (Å²) < 4.78 is 44.8. The number of pyridine rings is 2. The summed E-state index contributed by atoms with van der Waals surface area (Å²) in [5.41, 5.74) is 1.20. The van der Waals surface area contributed by atoms with Crippen molar-refractivity contribution < 1.29 is 9.87 Å². The molecular formula is C13H13FN4. The van der Waals surface area contributed by atoms with Gasteiger partial charge in [-0.25, -0.2) is 4.39 Å². The summed E-state index contributed by atoms with van der Waals surface area (Å²) in [5, 5.41) is 5.12. The first-order valence-corrected chi connectivity index (χ1v) is 5.42. The number of fused-ring (bicyclic) bond motifs is 1. The summed E-state index contributed by atoms with van der Waals surface area (Å²) in [6.45, 7) is -3.92. The van der Waals surface area contributed by atoms with Crippen molar-refractivity contribution in [1.82, 2.24) is 15.3 Å². The second kappa shape index (κ2) is 4.70. The first-order valence-electron chi connectivity index (χ1n) is 7.42. The standard InChI is InChI=1S/C13H13FN4/c14-11-8-16-4-2-13(11)18-10-5-9-6-15-3-1-12(9)17-7-10/h2,4-5,7-8,15H,1,3,6H2,(H,16,18)/i3D2,6D2. The van der Waals surface area contributed by atoms with E-state index in [9.17, 15) is 4.39 Å². The number of nitrogens with one attached hydrogen (secondary N) is 2. The lowest BCUT2D eigenvalue weighted by Gasteiger charge is -2.17. The number of hydrogen-bond acceptors (Lipinski definition) is 4. The molecule has 0 bridgehead atoms. The molecule has 0 saturated heterocycles. The molecule has 3 heterocycles. The van der Waals surface area contributed by atoms with Gasteiger partial charge in [0.05, 0.1) is 23.8 Å². The van der Waals surface area contributed by atoms with E-state index in [4.69, 9.17) is 5.48 Å². The van der Waals surface area contributed by atoms with Crippen molar-refractivity contribution in [2.24, 2.45) is 0 Å². The fourth-order valence-electron chi connectivity index (χ4n) is 1.68. The maximum Gasteiger partial charge on any atom is 0.164 e. The Bertz CT molecular complexity index is 723. The molecule has 0 fully saturated rings. The summed E-state index contributed by atoms with van der Waals surface area (Å²) in [6, 6.07) is 2.96. The summed E-state index contributed by atoms with van der Waals surface area (Å²) in [7, 11) is 0. The molecule has 3 rings (SSSR count). The largest absolute Gasteiger partial charge is 0.352 e. The molecular weight excluding hydrogens is 231 g/mol. The van der Waals surface area contributed by atoms with Gasteiger partial charge in [-0.05, 0) is 17.7 Å². The van der Waals surface area contributed by atoms with Gasteiger partial charge in [0.2, 0.25) is 0 Å². The molecule has 1 aliphatic heterocycles. The molecule has 2 N–H and O–H groups in total. The van der Waals surface area contributed by atoms with Gasteiger partial charge in [-0.15, -0.1) is 0 Å². The van der Waals surface area contributed by atoms with E-state index in [-0.39, 0.29) is 17.7 Å². The highest BCUT2D eigenvalue weighted by Crippen LogP contribution is 2.21. The number of hydrogen-bond donors (Lipinski definition) is 2. The van der Waals surface area contributed by atoms with Crippen LogP contribution in [0, 0.1) is 5.82 Å². The van der Waals surface area contributed by atoms with Crippen LogP contribution in [0.1, 0.15) is 16.7 Å². The van der Waals surface area contributed by atoms with Crippen molar-refractivity contribution in [2.45, 2.75) is 12.9 Å². The van der Waals surface area contributed by atoms with Crippen LogP contribution < -0.4 is 10.6 Å². The van der Waals surface area contributed by atoms with Gasteiger partial charge in [0, 0.05) is 36.8 Å². The molecule has 0 radical (unpaired) electrons. The van der Waals surface area contributed by atoms with Gasteiger partial charge in [-0.1, -0.05) is 0 Å². The number of aryl methyl sites for hydroxylation is 1. The molecule has 92 valence electrons. The van der Waals surface area contributed by atoms with Gasteiger partial charge in [0.15, 0.2) is 5.82 Å². The molecule has 18 heavy (non-hydrogen) atoms. The Labute approximate surface area is 110 Å². The normalized spacial score (nSPS) is 22.9. The molecule has 0 unspecified atom stereocenters. The van der Waals surface area contributed by atoms with Crippen molar-refractivity contribution >= 4 is 11.4 Å². The monoisotopic (exact) mass is 248 g/mol. The highest BCUT2D eigenvalue weighted by Gasteiger charge is 2.11. The van der Waals surface area contributed by atoms with E-state index in [0.29, 0.717) is 11.4 Å². The maximum absolute atomic E-state index is 13.6. The van der Waals surface area contributed by atoms with E-state index >= 15 is 0 Å². The molecule has 0 saturated carbocycles. The molecule has 0 spiro atoms. The van der Waals surface area contributed by atoms with Crippen LogP contribution in [0.15, 0.2) is 30.7 Å². The van der Waals surface area contributed by atoms with Crippen molar-refractivity contribution in [1.29, 1.82) is 0 Å². The first kappa shape index (κ1) is 7.43. The highest BCUT2D eigenvalue weighted by atomic mass is 19.1. The van der Waals surface area contributed by atoms with E-state index in [1.165, 1.54) is 24.5 Å². The number of halogens is 1. The molecule has 0 aliphatic carbocycles. The van der Waals surface area contributed by atoms with E-state index in [1.54, 1.807) is 0 Å². The van der Waals surface area contributed by atoms with Crippen molar-refractivity contribution in [3.05, 3.63) is 47.8 Å². The van der Waals surface area contributed by atoms with Crippen LogP contribution in [0.2, 0.25) is 0 Å². The molecule has 0 amide bonds. The molecule has 1 aliphatic rings. The van der Waals surface area contributed by atoms with E-state index in [1.807, 2.05) is 0 Å². The Balaban J connectivity index is 1.96. The summed E-state index contributed by atoms with van der Waals surface area (Å²) in [4.78, 5) is 7.77. The minimum absolute atomic E-state index is 0.0360. The summed E-state index contributed by atoms with van der Waals surface area (Å²) >= 11 is 0. The van der Waals surface area contributed by atoms with Gasteiger partial charge in [0.25, 0.3) is 0 Å². The lowest BCUT2D eigenvalue weighted by atomic mass is 10.1. The zero-order valence-corrected chi connectivity index (χ0v) is 9.37. The highest BCUT2D eigenvalue weighted by molar-refractivity contribution is 5.59. The van der Waals surface area contributed by atoms with Crippen molar-refractivity contribution in [3.63, 3.8) is 0 Å². The van der Waals surface area contributed by atoms with E-state index < -0.39 is 18.8 Å². The van der Waals surface area contributed by atoms with Crippen LogP contribution in [0.5, 0.6) is 0 Å². The Morgan fingerprint density at radius 2 is 2.39 bits per heavy atom. The molecule has 4 nitrogen and oxygen atoms in total. The smallest absolute Gasteiger partial charge is 0.164 e. The van der Waals surface area contributed by atoms with Crippen LogP contribution in [-0.2, 0) is 12.9 Å². The third kappa shape index (κ3) is 2.17. The zero-order valence-electron chi connectivity index (χ0n) is 13.4. The Morgan fingerprint density at radius 3 is 3.28 bits per heavy atom. The fourth-order valence-corrected chi connectivity index (χ4v) is 1.68. The molecule has 2 aromatic heterocycles. The zero-order chi connectivity index (χ0) is 16.0. The Morgan fingerprint density at radius 1 is 1.44 bits per heavy atom. The molecule has 2 aromatic rings. The van der Waals surface area contributed by atoms with Gasteiger partial charge in [-0.2, -0.15) is 0 Å². The second-order valence-corrected chi connectivity index (χ2v) is 3.80. The van der Waals surface area contributed by atoms with E-state index in [2.05, 4.69) is 20.6 Å². The van der Waals surface area contributed by atoms with Crippen LogP contribution in [0.4, 0.5) is 15.8 Å². The number of nitrogens with zero attached hydrogens (tertiary/aromatic N) is 2. The minimum atomic E-state index is -2.06. The van der Waals surface area contributed by atoms with Gasteiger partial charge >= 0.3 is 0 Å². The number of aromatic nitrogens is 2. The van der Waals surface area contributed by atoms with Crippen LogP contribution >= 0.6 is 0 Å². The lowest BCUT2D eigenvalue weighted by Crippen LogP contribution is -2.24. The van der Waals surface area contributed by atoms with Crippen molar-refractivity contribution in [3.8, 4) is 0 Å². The lowest BCUT2D eigenvalue weighted by molar-refractivity contribution is 0.625. The predicted octanol–water partition coefficient (Wildman–Crippen LogP) is 2.00. The van der Waals surface area contributed by atoms with Crippen molar-refractivity contribution in [2.75, 3.05) is 11.8 Å². The SMILES string of the molecule is [2H]C1([2H])Cc2ncc(Nc3ccncc3F)cc2C([2H])([2H])N1. The minimum Gasteiger partial charge on any atom is -0.352 e. The van der Waals surface area contributed by atoms with E-state index in [0.717, 1.165) is 6.20 Å². The molecule has 5 heteroatoms. The van der Waals surface area contributed by atoms with Gasteiger partial charge in [-0.3, -0.25) is 9.97 Å². The third-order valence-electron chi connectivity index (χ3n) is 2.56. The Kier molecular flexibility index (Phi) is 1.94. The van der Waals surface area contributed by atoms with Crippen LogP contribution in [0.3, 0.4) is 0 Å². The first-order chi connectivity index (χ1) is 10.3. The average molecular weight is 248 g/mol.